The molecule has 2 rings (SSSR count). The summed E-state index contributed by atoms with van der Waals surface area (Å²) in [6.07, 6.45) is -4.72. The van der Waals surface area contributed by atoms with Gasteiger partial charge in [-0.3, -0.25) is 5.41 Å². The normalized spacial score (nSPS) is 15.8. The van der Waals surface area contributed by atoms with E-state index in [0.29, 0.717) is 12.1 Å². The molecule has 1 aromatic rings. The van der Waals surface area contributed by atoms with Gasteiger partial charge in [0, 0.05) is 12.1 Å². The summed E-state index contributed by atoms with van der Waals surface area (Å²) in [5.74, 6) is 0.0529. The van der Waals surface area contributed by atoms with E-state index in [9.17, 15) is 21.6 Å². The number of alkyl halides is 3. The van der Waals surface area contributed by atoms with Gasteiger partial charge in [0.05, 0.1) is 4.90 Å². The van der Waals surface area contributed by atoms with Crippen molar-refractivity contribution < 1.29 is 21.6 Å². The van der Waals surface area contributed by atoms with Gasteiger partial charge in [0.2, 0.25) is 10.0 Å². The minimum absolute atomic E-state index is 0.0529. The maximum atomic E-state index is 12.8. The zero-order valence-electron chi connectivity index (χ0n) is 11.3. The molecule has 0 atom stereocenters. The van der Waals surface area contributed by atoms with Gasteiger partial charge in [-0.25, -0.2) is 8.42 Å². The zero-order chi connectivity index (χ0) is 16.1. The van der Waals surface area contributed by atoms with Crippen LogP contribution in [0.25, 0.3) is 0 Å². The molecule has 9 heteroatoms. The molecule has 0 saturated heterocycles. The average molecular weight is 321 g/mol. The van der Waals surface area contributed by atoms with Crippen molar-refractivity contribution in [1.29, 1.82) is 5.41 Å². The molecule has 0 radical (unpaired) electrons. The minimum Gasteiger partial charge on any atom is -0.366 e. The fourth-order valence-electron chi connectivity index (χ4n) is 1.84. The topological polar surface area (TPSA) is 82.1 Å². The molecule has 0 aliphatic carbocycles. The summed E-state index contributed by atoms with van der Waals surface area (Å²) in [5.41, 5.74) is -1.48. The molecule has 0 spiro atoms. The van der Waals surface area contributed by atoms with Gasteiger partial charge >= 0.3 is 6.18 Å². The summed E-state index contributed by atoms with van der Waals surface area (Å²) in [6.45, 7) is 1.90. The van der Waals surface area contributed by atoms with Crippen molar-refractivity contribution in [3.05, 3.63) is 29.3 Å². The van der Waals surface area contributed by atoms with E-state index in [0.717, 1.165) is 19.4 Å². The summed E-state index contributed by atoms with van der Waals surface area (Å²) in [4.78, 5) is -0.299. The van der Waals surface area contributed by atoms with E-state index in [-0.39, 0.29) is 10.7 Å². The van der Waals surface area contributed by atoms with Gasteiger partial charge in [0.15, 0.2) is 0 Å². The van der Waals surface area contributed by atoms with E-state index in [4.69, 9.17) is 5.41 Å². The maximum Gasteiger partial charge on any atom is 0.407 e. The number of hydrogen-bond donors (Lipinski definition) is 3. The molecule has 21 heavy (non-hydrogen) atoms. The number of halogens is 3. The second-order valence-corrected chi connectivity index (χ2v) is 6.96. The molecule has 1 aromatic carbocycles. The fourth-order valence-corrected chi connectivity index (χ4v) is 3.27. The van der Waals surface area contributed by atoms with Crippen LogP contribution in [0.4, 0.5) is 13.2 Å². The number of rotatable bonds is 3. The molecule has 0 amide bonds. The van der Waals surface area contributed by atoms with E-state index in [1.54, 1.807) is 4.72 Å². The van der Waals surface area contributed by atoms with Crippen LogP contribution in [0, 0.1) is 5.41 Å². The quantitative estimate of drug-likeness (QED) is 0.793. The molecule has 0 bridgehead atoms. The third-order valence-corrected chi connectivity index (χ3v) is 4.87. The van der Waals surface area contributed by atoms with Gasteiger partial charge in [0.25, 0.3) is 0 Å². The number of benzene rings is 1. The van der Waals surface area contributed by atoms with Gasteiger partial charge in [-0.1, -0.05) is 6.07 Å². The highest BCUT2D eigenvalue weighted by atomic mass is 32.2. The highest BCUT2D eigenvalue weighted by molar-refractivity contribution is 7.89. The Morgan fingerprint density at radius 1 is 1.29 bits per heavy atom. The molecule has 0 saturated carbocycles. The van der Waals surface area contributed by atoms with Crippen LogP contribution in [-0.4, -0.2) is 26.0 Å². The standard InChI is InChI=1S/C12H14F3N3O2S/c1-11(2,12(13,14)15)18-21(19,20)8-4-3-7-6-17-10(16)9(7)5-8/h3-5,18H,6H2,1-2H3,(H2,16,17). The summed E-state index contributed by atoms with van der Waals surface area (Å²) in [5, 5.41) is 10.3. The van der Waals surface area contributed by atoms with Gasteiger partial charge in [-0.2, -0.15) is 17.9 Å². The van der Waals surface area contributed by atoms with Crippen LogP contribution >= 0.6 is 0 Å². The first-order valence-electron chi connectivity index (χ1n) is 6.00. The Bertz CT molecular complexity index is 696. The maximum absolute atomic E-state index is 12.8. The molecule has 3 N–H and O–H groups in total. The molecule has 5 nitrogen and oxygen atoms in total. The summed E-state index contributed by atoms with van der Waals surface area (Å²) < 4.78 is 64.2. The lowest BCUT2D eigenvalue weighted by atomic mass is 10.1. The second-order valence-electron chi connectivity index (χ2n) is 5.28. The Morgan fingerprint density at radius 3 is 2.48 bits per heavy atom. The fraction of sp³-hybridized carbons (Fsp3) is 0.417. The van der Waals surface area contributed by atoms with Crippen molar-refractivity contribution in [2.45, 2.75) is 37.0 Å². The van der Waals surface area contributed by atoms with Crippen molar-refractivity contribution in [2.24, 2.45) is 0 Å². The first kappa shape index (κ1) is 15.8. The Balaban J connectivity index is 2.38. The first-order chi connectivity index (χ1) is 9.44. The van der Waals surface area contributed by atoms with Crippen LogP contribution in [0.1, 0.15) is 25.0 Å². The van der Waals surface area contributed by atoms with Gasteiger partial charge in [-0.05, 0) is 31.5 Å². The lowest BCUT2D eigenvalue weighted by molar-refractivity contribution is -0.180. The smallest absolute Gasteiger partial charge is 0.366 e. The molecule has 1 aliphatic rings. The number of sulfonamides is 1. The zero-order valence-corrected chi connectivity index (χ0v) is 12.1. The van der Waals surface area contributed by atoms with Crippen molar-refractivity contribution in [1.82, 2.24) is 10.0 Å². The van der Waals surface area contributed by atoms with Crippen LogP contribution < -0.4 is 10.0 Å². The second kappa shape index (κ2) is 4.70. The summed E-state index contributed by atoms with van der Waals surface area (Å²) in [7, 11) is -4.34. The molecule has 0 unspecified atom stereocenters. The van der Waals surface area contributed by atoms with Crippen LogP contribution in [0.3, 0.4) is 0 Å². The number of hydrogen-bond acceptors (Lipinski definition) is 3. The molecular formula is C12H14F3N3O2S. The Labute approximate surface area is 120 Å². The average Bonchev–Trinajstić information content (AvgIpc) is 2.68. The number of amidine groups is 1. The predicted molar refractivity (Wildman–Crippen MR) is 70.6 cm³/mol. The highest BCUT2D eigenvalue weighted by Crippen LogP contribution is 2.31. The van der Waals surface area contributed by atoms with E-state index in [1.807, 2.05) is 0 Å². The van der Waals surface area contributed by atoms with E-state index < -0.39 is 21.7 Å². The minimum atomic E-state index is -4.72. The lowest BCUT2D eigenvalue weighted by Gasteiger charge is -2.28. The van der Waals surface area contributed by atoms with Crippen LogP contribution in [0.5, 0.6) is 0 Å². The molecule has 1 aliphatic heterocycles. The van der Waals surface area contributed by atoms with E-state index in [2.05, 4.69) is 5.32 Å². The van der Waals surface area contributed by atoms with Crippen molar-refractivity contribution in [2.75, 3.05) is 0 Å². The van der Waals surface area contributed by atoms with Crippen LogP contribution in [0.15, 0.2) is 23.1 Å². The van der Waals surface area contributed by atoms with Crippen LogP contribution in [0.2, 0.25) is 0 Å². The van der Waals surface area contributed by atoms with E-state index in [1.165, 1.54) is 18.2 Å². The van der Waals surface area contributed by atoms with Gasteiger partial charge in [-0.15, -0.1) is 0 Å². The Kier molecular flexibility index (Phi) is 3.53. The van der Waals surface area contributed by atoms with Crippen LogP contribution in [-0.2, 0) is 16.6 Å². The molecule has 116 valence electrons. The third-order valence-electron chi connectivity index (χ3n) is 3.21. The molecule has 0 fully saturated rings. The number of nitrogens with one attached hydrogen (secondary N) is 3. The monoisotopic (exact) mass is 321 g/mol. The molecule has 0 aromatic heterocycles. The van der Waals surface area contributed by atoms with Crippen molar-refractivity contribution >= 4 is 15.9 Å². The summed E-state index contributed by atoms with van der Waals surface area (Å²) >= 11 is 0. The molecular weight excluding hydrogens is 307 g/mol. The Morgan fingerprint density at radius 2 is 1.90 bits per heavy atom. The Hall–Kier alpha value is -1.61. The largest absolute Gasteiger partial charge is 0.407 e. The molecule has 1 heterocycles. The third kappa shape index (κ3) is 2.88. The highest BCUT2D eigenvalue weighted by Gasteiger charge is 2.49. The van der Waals surface area contributed by atoms with Gasteiger partial charge < -0.3 is 5.32 Å². The van der Waals surface area contributed by atoms with Gasteiger partial charge in [0.1, 0.15) is 11.4 Å². The lowest BCUT2D eigenvalue weighted by Crippen LogP contribution is -2.54. The number of fused-ring (bicyclic) bond motifs is 1. The van der Waals surface area contributed by atoms with Crippen molar-refractivity contribution in [3.8, 4) is 0 Å². The summed E-state index contributed by atoms with van der Waals surface area (Å²) in [6, 6.07) is 3.92. The first-order valence-corrected chi connectivity index (χ1v) is 7.49. The van der Waals surface area contributed by atoms with Crippen molar-refractivity contribution in [3.63, 3.8) is 0 Å². The SMILES string of the molecule is CC(C)(NS(=O)(=O)c1ccc2c(c1)C(=N)NC2)C(F)(F)F. The van der Waals surface area contributed by atoms with E-state index >= 15 is 0 Å². The predicted octanol–water partition coefficient (Wildman–Crippen LogP) is 1.73.